The van der Waals surface area contributed by atoms with Gasteiger partial charge in [-0.25, -0.2) is 0 Å². The number of nitrogens with zero attached hydrogens (tertiary/aromatic N) is 1. The van der Waals surface area contributed by atoms with Crippen LogP contribution in [0.5, 0.6) is 11.5 Å². The lowest BCUT2D eigenvalue weighted by Crippen LogP contribution is -2.38. The van der Waals surface area contributed by atoms with Gasteiger partial charge < -0.3 is 29.3 Å². The third-order valence-electron chi connectivity index (χ3n) is 3.76. The SMILES string of the molecule is CCOC(=O)CC1=C(O)c2c(ccc(OC)c2OC)N(C)C1O. The first-order valence-electron chi connectivity index (χ1n) is 7.20. The summed E-state index contributed by atoms with van der Waals surface area (Å²) in [5.74, 6) is 0.0573. The van der Waals surface area contributed by atoms with Crippen molar-refractivity contribution in [1.82, 2.24) is 0 Å². The quantitative estimate of drug-likeness (QED) is 0.797. The number of aliphatic hydroxyl groups excluding tert-OH is 2. The molecule has 7 heteroatoms. The maximum atomic E-state index is 11.7. The summed E-state index contributed by atoms with van der Waals surface area (Å²) in [5.41, 5.74) is 1.10. The molecule has 0 spiro atoms. The van der Waals surface area contributed by atoms with E-state index in [0.717, 1.165) is 0 Å². The lowest BCUT2D eigenvalue weighted by molar-refractivity contribution is -0.142. The lowest BCUT2D eigenvalue weighted by Gasteiger charge is -2.35. The molecule has 1 heterocycles. The highest BCUT2D eigenvalue weighted by Crippen LogP contribution is 2.46. The van der Waals surface area contributed by atoms with Crippen LogP contribution in [-0.4, -0.2) is 50.3 Å². The Hall–Kier alpha value is -2.41. The van der Waals surface area contributed by atoms with Gasteiger partial charge in [0.25, 0.3) is 0 Å². The number of esters is 1. The number of methoxy groups -OCH3 is 2. The van der Waals surface area contributed by atoms with Crippen molar-refractivity contribution in [2.24, 2.45) is 0 Å². The van der Waals surface area contributed by atoms with Gasteiger partial charge in [0.05, 0.1) is 38.5 Å². The number of rotatable bonds is 5. The van der Waals surface area contributed by atoms with Gasteiger partial charge in [0.1, 0.15) is 5.76 Å². The highest BCUT2D eigenvalue weighted by molar-refractivity contribution is 5.87. The molecule has 1 aliphatic heterocycles. The Kier molecular flexibility index (Phi) is 5.00. The van der Waals surface area contributed by atoms with Crippen LogP contribution in [-0.2, 0) is 9.53 Å². The highest BCUT2D eigenvalue weighted by Gasteiger charge is 2.34. The van der Waals surface area contributed by atoms with E-state index in [4.69, 9.17) is 14.2 Å². The molecule has 23 heavy (non-hydrogen) atoms. The molecule has 7 nitrogen and oxygen atoms in total. The van der Waals surface area contributed by atoms with Gasteiger partial charge in [-0.05, 0) is 19.1 Å². The number of likely N-dealkylation sites (N-methyl/N-ethyl adjacent to an activating group) is 1. The summed E-state index contributed by atoms with van der Waals surface area (Å²) in [7, 11) is 4.61. The summed E-state index contributed by atoms with van der Waals surface area (Å²) in [6.07, 6.45) is -1.35. The Labute approximate surface area is 134 Å². The Morgan fingerprint density at radius 1 is 1.30 bits per heavy atom. The minimum atomic E-state index is -1.13. The summed E-state index contributed by atoms with van der Waals surface area (Å²) < 4.78 is 15.5. The molecule has 0 saturated carbocycles. The van der Waals surface area contributed by atoms with Crippen LogP contribution in [0.2, 0.25) is 0 Å². The number of hydrogen-bond acceptors (Lipinski definition) is 7. The zero-order valence-corrected chi connectivity index (χ0v) is 13.6. The van der Waals surface area contributed by atoms with Gasteiger partial charge in [-0.1, -0.05) is 0 Å². The first-order valence-corrected chi connectivity index (χ1v) is 7.20. The molecular weight excluding hydrogens is 302 g/mol. The van der Waals surface area contributed by atoms with E-state index in [1.54, 1.807) is 31.0 Å². The zero-order valence-electron chi connectivity index (χ0n) is 13.6. The monoisotopic (exact) mass is 323 g/mol. The summed E-state index contributed by atoms with van der Waals surface area (Å²) in [5, 5.41) is 21.0. The van der Waals surface area contributed by atoms with Crippen molar-refractivity contribution < 1.29 is 29.2 Å². The standard InChI is InChI=1S/C16H21NO6/c1-5-23-12(18)8-9-14(19)13-10(17(2)16(9)20)6-7-11(21-3)15(13)22-4/h6-7,16,19-20H,5,8H2,1-4H3. The number of benzene rings is 1. The molecule has 0 saturated heterocycles. The first kappa shape index (κ1) is 17.0. The van der Waals surface area contributed by atoms with Gasteiger partial charge >= 0.3 is 5.97 Å². The topological polar surface area (TPSA) is 88.5 Å². The van der Waals surface area contributed by atoms with Gasteiger partial charge in [-0.2, -0.15) is 0 Å². The fourth-order valence-electron chi connectivity index (χ4n) is 2.63. The molecule has 0 aromatic heterocycles. The number of aliphatic hydroxyl groups is 2. The molecule has 1 aliphatic rings. The summed E-state index contributed by atoms with van der Waals surface area (Å²) >= 11 is 0. The average molecular weight is 323 g/mol. The summed E-state index contributed by atoms with van der Waals surface area (Å²) in [4.78, 5) is 13.3. The molecule has 2 rings (SSSR count). The van der Waals surface area contributed by atoms with E-state index in [9.17, 15) is 15.0 Å². The number of ether oxygens (including phenoxy) is 3. The second-order valence-corrected chi connectivity index (χ2v) is 5.04. The lowest BCUT2D eigenvalue weighted by atomic mass is 9.96. The van der Waals surface area contributed by atoms with Crippen molar-refractivity contribution in [3.8, 4) is 11.5 Å². The van der Waals surface area contributed by atoms with Crippen LogP contribution in [0.3, 0.4) is 0 Å². The molecule has 0 amide bonds. The van der Waals surface area contributed by atoms with Crippen molar-refractivity contribution >= 4 is 17.4 Å². The van der Waals surface area contributed by atoms with Gasteiger partial charge in [-0.3, -0.25) is 4.79 Å². The molecule has 1 aromatic carbocycles. The minimum absolute atomic E-state index is 0.157. The highest BCUT2D eigenvalue weighted by atomic mass is 16.5. The second kappa shape index (κ2) is 6.78. The fourth-order valence-corrected chi connectivity index (χ4v) is 2.63. The maximum absolute atomic E-state index is 11.7. The van der Waals surface area contributed by atoms with E-state index in [0.29, 0.717) is 22.7 Å². The van der Waals surface area contributed by atoms with Crippen LogP contribution in [0.15, 0.2) is 17.7 Å². The molecule has 0 radical (unpaired) electrons. The fraction of sp³-hybridized carbons (Fsp3) is 0.438. The van der Waals surface area contributed by atoms with Gasteiger partial charge in [0.15, 0.2) is 17.7 Å². The molecule has 0 aliphatic carbocycles. The molecule has 126 valence electrons. The van der Waals surface area contributed by atoms with E-state index in [1.165, 1.54) is 14.2 Å². The predicted octanol–water partition coefficient (Wildman–Crippen LogP) is 1.69. The van der Waals surface area contributed by atoms with Crippen molar-refractivity contribution in [3.05, 3.63) is 23.3 Å². The van der Waals surface area contributed by atoms with Crippen LogP contribution in [0.4, 0.5) is 5.69 Å². The Morgan fingerprint density at radius 2 is 2.00 bits per heavy atom. The van der Waals surface area contributed by atoms with Crippen LogP contribution < -0.4 is 14.4 Å². The molecule has 1 unspecified atom stereocenters. The van der Waals surface area contributed by atoms with Crippen molar-refractivity contribution in [2.45, 2.75) is 19.6 Å². The van der Waals surface area contributed by atoms with Crippen LogP contribution in [0.25, 0.3) is 5.76 Å². The Morgan fingerprint density at radius 3 is 2.57 bits per heavy atom. The van der Waals surface area contributed by atoms with E-state index in [2.05, 4.69) is 0 Å². The number of hydrogen-bond donors (Lipinski definition) is 2. The largest absolute Gasteiger partial charge is 0.507 e. The van der Waals surface area contributed by atoms with Crippen molar-refractivity contribution in [2.75, 3.05) is 32.8 Å². The smallest absolute Gasteiger partial charge is 0.310 e. The van der Waals surface area contributed by atoms with E-state index in [-0.39, 0.29) is 24.4 Å². The van der Waals surface area contributed by atoms with E-state index < -0.39 is 12.2 Å². The zero-order chi connectivity index (χ0) is 17.1. The van der Waals surface area contributed by atoms with Gasteiger partial charge in [-0.15, -0.1) is 0 Å². The second-order valence-electron chi connectivity index (χ2n) is 5.04. The number of carbonyl (C=O) groups is 1. The predicted molar refractivity (Wildman–Crippen MR) is 84.8 cm³/mol. The maximum Gasteiger partial charge on any atom is 0.310 e. The number of carbonyl (C=O) groups excluding carboxylic acids is 1. The first-order chi connectivity index (χ1) is 11.0. The van der Waals surface area contributed by atoms with Crippen LogP contribution >= 0.6 is 0 Å². The Balaban J connectivity index is 2.59. The molecule has 1 atom stereocenters. The normalized spacial score (nSPS) is 16.9. The minimum Gasteiger partial charge on any atom is -0.507 e. The summed E-state index contributed by atoms with van der Waals surface area (Å²) in [6, 6.07) is 3.39. The molecule has 0 bridgehead atoms. The number of fused-ring (bicyclic) bond motifs is 1. The van der Waals surface area contributed by atoms with Crippen LogP contribution in [0, 0.1) is 0 Å². The number of anilines is 1. The summed E-state index contributed by atoms with van der Waals surface area (Å²) in [6.45, 7) is 1.92. The molecule has 2 N–H and O–H groups in total. The Bertz CT molecular complexity index is 640. The molecule has 0 fully saturated rings. The third kappa shape index (κ3) is 2.92. The third-order valence-corrected chi connectivity index (χ3v) is 3.76. The molecule has 1 aromatic rings. The van der Waals surface area contributed by atoms with Crippen LogP contribution in [0.1, 0.15) is 18.9 Å². The van der Waals surface area contributed by atoms with Crippen molar-refractivity contribution in [1.29, 1.82) is 0 Å². The average Bonchev–Trinajstić information content (AvgIpc) is 2.55. The van der Waals surface area contributed by atoms with E-state index in [1.807, 2.05) is 0 Å². The van der Waals surface area contributed by atoms with E-state index >= 15 is 0 Å². The van der Waals surface area contributed by atoms with Gasteiger partial charge in [0, 0.05) is 12.6 Å². The van der Waals surface area contributed by atoms with Crippen molar-refractivity contribution in [3.63, 3.8) is 0 Å². The van der Waals surface area contributed by atoms with Gasteiger partial charge in [0.2, 0.25) is 0 Å². The molecular formula is C16H21NO6.